The van der Waals surface area contributed by atoms with Crippen LogP contribution in [-0.2, 0) is 5.92 Å². The Bertz CT molecular complexity index is 399. The summed E-state index contributed by atoms with van der Waals surface area (Å²) in [4.78, 5) is 0. The van der Waals surface area contributed by atoms with E-state index in [2.05, 4.69) is 33.9 Å². The lowest BCUT2D eigenvalue weighted by atomic mass is 10.1. The highest BCUT2D eigenvalue weighted by Gasteiger charge is 2.39. The molecule has 0 N–H and O–H groups in total. The van der Waals surface area contributed by atoms with Gasteiger partial charge in [0.2, 0.25) is 8.32 Å². The summed E-state index contributed by atoms with van der Waals surface area (Å²) in [5, 5.41) is 0.0976. The van der Waals surface area contributed by atoms with Crippen LogP contribution in [0.5, 0.6) is 5.75 Å². The fourth-order valence-corrected chi connectivity index (χ4v) is 2.29. The van der Waals surface area contributed by atoms with E-state index in [9.17, 15) is 8.78 Å². The largest absolute Gasteiger partial charge is 0.544 e. The lowest BCUT2D eigenvalue weighted by Crippen LogP contribution is -2.43. The van der Waals surface area contributed by atoms with Crippen molar-refractivity contribution in [1.82, 2.24) is 0 Å². The molecule has 0 bridgehead atoms. The molecule has 0 aliphatic rings. The Hall–Kier alpha value is -0.903. The highest BCUT2D eigenvalue weighted by atomic mass is 28.4. The van der Waals surface area contributed by atoms with E-state index in [4.69, 9.17) is 4.43 Å². The van der Waals surface area contributed by atoms with Gasteiger partial charge in [0.25, 0.3) is 5.92 Å². The van der Waals surface area contributed by atoms with Gasteiger partial charge in [-0.2, -0.15) is 0 Å². The second-order valence-corrected chi connectivity index (χ2v) is 11.0. The summed E-state index contributed by atoms with van der Waals surface area (Å²) < 4.78 is 32.2. The maximum Gasteiger partial charge on any atom is 0.270 e. The molecule has 1 rings (SSSR count). The highest BCUT2D eigenvalue weighted by Crippen LogP contribution is 2.37. The molecule has 0 radical (unpaired) electrons. The molecule has 4 heteroatoms. The van der Waals surface area contributed by atoms with Gasteiger partial charge in [-0.05, 0) is 42.4 Å². The molecule has 18 heavy (non-hydrogen) atoms. The van der Waals surface area contributed by atoms with Crippen LogP contribution >= 0.6 is 0 Å². The van der Waals surface area contributed by atoms with Crippen molar-refractivity contribution in [3.63, 3.8) is 0 Å². The first-order valence-corrected chi connectivity index (χ1v) is 9.02. The van der Waals surface area contributed by atoms with Crippen LogP contribution in [0.3, 0.4) is 0 Å². The Balaban J connectivity index is 2.89. The molecule has 1 aromatic carbocycles. The van der Waals surface area contributed by atoms with Crippen LogP contribution in [0.4, 0.5) is 8.78 Å². The summed E-state index contributed by atoms with van der Waals surface area (Å²) in [6, 6.07) is 6.13. The molecule has 0 spiro atoms. The number of halogens is 2. The van der Waals surface area contributed by atoms with Crippen molar-refractivity contribution in [2.24, 2.45) is 0 Å². The van der Waals surface area contributed by atoms with Crippen LogP contribution in [0.2, 0.25) is 18.1 Å². The van der Waals surface area contributed by atoms with Crippen molar-refractivity contribution in [3.8, 4) is 5.75 Å². The minimum Gasteiger partial charge on any atom is -0.544 e. The van der Waals surface area contributed by atoms with Gasteiger partial charge in [-0.1, -0.05) is 20.8 Å². The minimum absolute atomic E-state index is 0.0186. The molecule has 102 valence electrons. The summed E-state index contributed by atoms with van der Waals surface area (Å²) in [5.41, 5.74) is 0.0186. The van der Waals surface area contributed by atoms with Gasteiger partial charge in [-0.3, -0.25) is 0 Å². The van der Waals surface area contributed by atoms with Gasteiger partial charge in [0, 0.05) is 12.5 Å². The molecule has 0 aliphatic heterocycles. The predicted molar refractivity (Wildman–Crippen MR) is 73.8 cm³/mol. The van der Waals surface area contributed by atoms with Crippen molar-refractivity contribution < 1.29 is 13.2 Å². The zero-order valence-corrected chi connectivity index (χ0v) is 13.0. The van der Waals surface area contributed by atoms with Crippen LogP contribution in [0.25, 0.3) is 0 Å². The summed E-state index contributed by atoms with van der Waals surface area (Å²) in [7, 11) is -1.90. The first-order valence-electron chi connectivity index (χ1n) is 6.11. The molecule has 1 nitrogen and oxygen atoms in total. The molecular formula is C14H22F2OSi. The average molecular weight is 272 g/mol. The van der Waals surface area contributed by atoms with Crippen LogP contribution in [0.15, 0.2) is 24.3 Å². The van der Waals surface area contributed by atoms with E-state index in [-0.39, 0.29) is 10.6 Å². The van der Waals surface area contributed by atoms with Gasteiger partial charge < -0.3 is 4.43 Å². The fraction of sp³-hybridized carbons (Fsp3) is 0.571. The monoisotopic (exact) mass is 272 g/mol. The van der Waals surface area contributed by atoms with E-state index >= 15 is 0 Å². The maximum absolute atomic E-state index is 13.1. The number of hydrogen-bond donors (Lipinski definition) is 0. The molecule has 0 saturated heterocycles. The molecule has 0 aliphatic carbocycles. The van der Waals surface area contributed by atoms with Gasteiger partial charge >= 0.3 is 0 Å². The lowest BCUT2D eigenvalue weighted by molar-refractivity contribution is 0.0174. The first kappa shape index (κ1) is 15.2. The van der Waals surface area contributed by atoms with Crippen LogP contribution in [-0.4, -0.2) is 8.32 Å². The highest BCUT2D eigenvalue weighted by molar-refractivity contribution is 6.74. The van der Waals surface area contributed by atoms with Crippen molar-refractivity contribution in [1.29, 1.82) is 0 Å². The third-order valence-electron chi connectivity index (χ3n) is 3.54. The normalized spacial score (nSPS) is 13.6. The van der Waals surface area contributed by atoms with Crippen LogP contribution < -0.4 is 4.43 Å². The molecule has 0 fully saturated rings. The molecule has 0 saturated carbocycles. The third kappa shape index (κ3) is 3.54. The van der Waals surface area contributed by atoms with Crippen molar-refractivity contribution in [2.45, 2.75) is 51.7 Å². The first-order chi connectivity index (χ1) is 7.93. The molecule has 0 atom stereocenters. The number of hydrogen-bond acceptors (Lipinski definition) is 1. The van der Waals surface area contributed by atoms with Gasteiger partial charge in [0.15, 0.2) is 0 Å². The zero-order chi connectivity index (χ0) is 14.2. The van der Waals surface area contributed by atoms with Gasteiger partial charge in [-0.15, -0.1) is 0 Å². The molecular weight excluding hydrogens is 250 g/mol. The summed E-state index contributed by atoms with van der Waals surface area (Å²) in [5.74, 6) is -2.12. The molecule has 0 unspecified atom stereocenters. The smallest absolute Gasteiger partial charge is 0.270 e. The quantitative estimate of drug-likeness (QED) is 0.689. The second-order valence-electron chi connectivity index (χ2n) is 6.28. The average Bonchev–Trinajstić information content (AvgIpc) is 2.14. The number of rotatable bonds is 3. The SMILES string of the molecule is CC(F)(F)c1ccc(O[Si](C)(C)C(C)(C)C)cc1. The lowest BCUT2D eigenvalue weighted by Gasteiger charge is -2.36. The Kier molecular flexibility index (Phi) is 3.91. The zero-order valence-electron chi connectivity index (χ0n) is 12.0. The molecule has 0 amide bonds. The number of alkyl halides is 2. The van der Waals surface area contributed by atoms with Crippen LogP contribution in [0, 0.1) is 0 Å². The molecule has 0 aromatic heterocycles. The summed E-state index contributed by atoms with van der Waals surface area (Å²) >= 11 is 0. The van der Waals surface area contributed by atoms with E-state index in [0.29, 0.717) is 5.75 Å². The van der Waals surface area contributed by atoms with Gasteiger partial charge in [0.05, 0.1) is 0 Å². The topological polar surface area (TPSA) is 9.23 Å². The standard InChI is InChI=1S/C14H22F2OSi/c1-13(2,3)18(5,6)17-12-9-7-11(8-10-12)14(4,15)16/h7-10H,1-6H3. The minimum atomic E-state index is -2.80. The Labute approximate surface area is 109 Å². The molecule has 1 aromatic rings. The maximum atomic E-state index is 13.1. The number of benzene rings is 1. The summed E-state index contributed by atoms with van der Waals surface area (Å²) in [6.07, 6.45) is 0. The summed E-state index contributed by atoms with van der Waals surface area (Å²) in [6.45, 7) is 11.6. The van der Waals surface area contributed by atoms with E-state index < -0.39 is 14.2 Å². The van der Waals surface area contributed by atoms with Gasteiger partial charge in [0.1, 0.15) is 5.75 Å². The van der Waals surface area contributed by atoms with Crippen LogP contribution in [0.1, 0.15) is 33.3 Å². The third-order valence-corrected chi connectivity index (χ3v) is 7.90. The Morgan fingerprint density at radius 1 is 0.944 bits per heavy atom. The molecule has 0 heterocycles. The van der Waals surface area contributed by atoms with E-state index in [1.807, 2.05) is 0 Å². The second kappa shape index (κ2) is 4.65. The van der Waals surface area contributed by atoms with Crippen molar-refractivity contribution in [3.05, 3.63) is 29.8 Å². The Morgan fingerprint density at radius 2 is 1.39 bits per heavy atom. The van der Waals surface area contributed by atoms with E-state index in [1.54, 1.807) is 12.1 Å². The van der Waals surface area contributed by atoms with Crippen molar-refractivity contribution in [2.75, 3.05) is 0 Å². The predicted octanol–water partition coefficient (Wildman–Crippen LogP) is 5.18. The van der Waals surface area contributed by atoms with E-state index in [1.165, 1.54) is 12.1 Å². The Morgan fingerprint density at radius 3 is 1.72 bits per heavy atom. The van der Waals surface area contributed by atoms with E-state index in [0.717, 1.165) is 6.92 Å². The van der Waals surface area contributed by atoms with Gasteiger partial charge in [-0.25, -0.2) is 8.78 Å². The fourth-order valence-electron chi connectivity index (χ4n) is 1.26. The van der Waals surface area contributed by atoms with Crippen molar-refractivity contribution >= 4 is 8.32 Å².